The van der Waals surface area contributed by atoms with Crippen LogP contribution in [0.2, 0.25) is 0 Å². The Kier molecular flexibility index (Phi) is 3.96. The Morgan fingerprint density at radius 1 is 1.61 bits per heavy atom. The highest BCUT2D eigenvalue weighted by Crippen LogP contribution is 2.31. The second kappa shape index (κ2) is 5.48. The Hall–Kier alpha value is -1.43. The first kappa shape index (κ1) is 13.0. The van der Waals surface area contributed by atoms with Gasteiger partial charge < -0.3 is 16.2 Å². The molecule has 1 aromatic heterocycles. The lowest BCUT2D eigenvalue weighted by molar-refractivity contribution is 0.0696. The fourth-order valence-corrected chi connectivity index (χ4v) is 2.99. The summed E-state index contributed by atoms with van der Waals surface area (Å²) in [7, 11) is 0. The van der Waals surface area contributed by atoms with Crippen molar-refractivity contribution in [1.82, 2.24) is 4.98 Å². The van der Waals surface area contributed by atoms with E-state index >= 15 is 0 Å². The lowest BCUT2D eigenvalue weighted by Gasteiger charge is -2.15. The van der Waals surface area contributed by atoms with Crippen LogP contribution in [0.15, 0.2) is 12.3 Å². The van der Waals surface area contributed by atoms with Crippen LogP contribution in [0.3, 0.4) is 0 Å². The second-order valence-corrected chi connectivity index (χ2v) is 5.62. The molecule has 2 atom stereocenters. The first-order valence-corrected chi connectivity index (χ1v) is 7.17. The molecule has 6 heteroatoms. The van der Waals surface area contributed by atoms with E-state index in [-0.39, 0.29) is 5.56 Å². The van der Waals surface area contributed by atoms with Gasteiger partial charge in [0.05, 0.1) is 11.3 Å². The van der Waals surface area contributed by atoms with E-state index < -0.39 is 5.97 Å². The second-order valence-electron chi connectivity index (χ2n) is 4.48. The van der Waals surface area contributed by atoms with Gasteiger partial charge in [-0.25, -0.2) is 9.78 Å². The van der Waals surface area contributed by atoms with Crippen LogP contribution < -0.4 is 11.1 Å². The number of nitrogens with two attached hydrogens (primary N) is 1. The van der Waals surface area contributed by atoms with Crippen LogP contribution in [0, 0.1) is 0 Å². The molecule has 2 unspecified atom stereocenters. The molecule has 18 heavy (non-hydrogen) atoms. The highest BCUT2D eigenvalue weighted by Gasteiger charge is 2.24. The van der Waals surface area contributed by atoms with Crippen molar-refractivity contribution in [3.8, 4) is 0 Å². The zero-order valence-electron chi connectivity index (χ0n) is 10.2. The number of nitrogen functional groups attached to an aromatic ring is 1. The van der Waals surface area contributed by atoms with E-state index in [1.807, 2.05) is 11.8 Å². The van der Waals surface area contributed by atoms with Crippen LogP contribution in [-0.2, 0) is 0 Å². The number of carboxylic acid groups (broad SMARTS) is 1. The molecule has 1 heterocycles. The first-order chi connectivity index (χ1) is 8.60. The molecule has 0 bridgehead atoms. The van der Waals surface area contributed by atoms with Gasteiger partial charge in [0.15, 0.2) is 0 Å². The van der Waals surface area contributed by atoms with E-state index in [9.17, 15) is 4.79 Å². The number of carbonyl (C=O) groups is 1. The maximum Gasteiger partial charge on any atom is 0.337 e. The number of thioether (sulfide) groups is 1. The lowest BCUT2D eigenvalue weighted by Crippen LogP contribution is -2.18. The predicted octanol–water partition coefficient (Wildman–Crippen LogP) is 2.06. The Morgan fingerprint density at radius 3 is 2.94 bits per heavy atom. The van der Waals surface area contributed by atoms with Gasteiger partial charge in [-0.05, 0) is 31.6 Å². The van der Waals surface area contributed by atoms with Gasteiger partial charge >= 0.3 is 5.97 Å². The molecule has 98 valence electrons. The Bertz CT molecular complexity index is 453. The number of hydrogen-bond donors (Lipinski definition) is 3. The van der Waals surface area contributed by atoms with E-state index in [0.29, 0.717) is 22.8 Å². The molecule has 0 amide bonds. The van der Waals surface area contributed by atoms with E-state index in [4.69, 9.17) is 10.8 Å². The van der Waals surface area contributed by atoms with E-state index in [2.05, 4.69) is 16.6 Å². The van der Waals surface area contributed by atoms with Crippen LogP contribution in [0.5, 0.6) is 0 Å². The number of rotatable bonds is 4. The normalized spacial score (nSPS) is 22.9. The summed E-state index contributed by atoms with van der Waals surface area (Å²) >= 11 is 1.89. The molecule has 1 aliphatic carbocycles. The minimum atomic E-state index is -1.01. The van der Waals surface area contributed by atoms with Gasteiger partial charge in [0.25, 0.3) is 0 Å². The van der Waals surface area contributed by atoms with Crippen LogP contribution >= 0.6 is 11.8 Å². The van der Waals surface area contributed by atoms with Gasteiger partial charge in [-0.2, -0.15) is 11.8 Å². The van der Waals surface area contributed by atoms with Gasteiger partial charge in [0.2, 0.25) is 0 Å². The average molecular weight is 267 g/mol. The van der Waals surface area contributed by atoms with Crippen molar-refractivity contribution in [3.63, 3.8) is 0 Å². The number of aromatic nitrogens is 1. The third-order valence-electron chi connectivity index (χ3n) is 3.22. The molecular formula is C12H17N3O2S. The molecule has 1 aromatic rings. The zero-order valence-corrected chi connectivity index (χ0v) is 11.0. The summed E-state index contributed by atoms with van der Waals surface area (Å²) in [5.41, 5.74) is 6.32. The van der Waals surface area contributed by atoms with Crippen molar-refractivity contribution in [2.24, 2.45) is 0 Å². The van der Waals surface area contributed by atoms with Crippen molar-refractivity contribution in [2.45, 2.75) is 30.6 Å². The summed E-state index contributed by atoms with van der Waals surface area (Å²) in [6.45, 7) is 0. The number of carboxylic acids is 1. The smallest absolute Gasteiger partial charge is 0.337 e. The van der Waals surface area contributed by atoms with E-state index in [1.165, 1.54) is 18.7 Å². The fourth-order valence-electron chi connectivity index (χ4n) is 2.20. The van der Waals surface area contributed by atoms with Crippen molar-refractivity contribution >= 4 is 29.2 Å². The van der Waals surface area contributed by atoms with Crippen molar-refractivity contribution in [1.29, 1.82) is 0 Å². The van der Waals surface area contributed by atoms with Crippen molar-refractivity contribution in [2.75, 3.05) is 17.3 Å². The summed E-state index contributed by atoms with van der Waals surface area (Å²) in [5, 5.41) is 12.8. The number of hydrogen-bond acceptors (Lipinski definition) is 5. The maximum atomic E-state index is 10.8. The molecule has 2 rings (SSSR count). The zero-order chi connectivity index (χ0) is 13.1. The van der Waals surface area contributed by atoms with Gasteiger partial charge in [-0.1, -0.05) is 0 Å². The highest BCUT2D eigenvalue weighted by atomic mass is 32.2. The van der Waals surface area contributed by atoms with Crippen LogP contribution in [0.1, 0.15) is 29.6 Å². The van der Waals surface area contributed by atoms with Gasteiger partial charge in [0, 0.05) is 17.5 Å². The maximum absolute atomic E-state index is 10.8. The summed E-state index contributed by atoms with van der Waals surface area (Å²) in [4.78, 5) is 14.9. The number of anilines is 2. The predicted molar refractivity (Wildman–Crippen MR) is 74.2 cm³/mol. The molecule has 0 spiro atoms. The standard InChI is InChI=1S/C12H17N3O2S/c1-18-9-3-2-8(5-9)15-11-10(13)4-7(6-14-11)12(16)17/h4,6,8-9H,2-3,5,13H2,1H3,(H,14,15)(H,16,17). The average Bonchev–Trinajstić information content (AvgIpc) is 2.79. The van der Waals surface area contributed by atoms with Crippen LogP contribution in [0.25, 0.3) is 0 Å². The molecule has 4 N–H and O–H groups in total. The summed E-state index contributed by atoms with van der Waals surface area (Å²) in [6.07, 6.45) is 6.87. The van der Waals surface area contributed by atoms with Crippen molar-refractivity contribution in [3.05, 3.63) is 17.8 Å². The van der Waals surface area contributed by atoms with Crippen LogP contribution in [-0.4, -0.2) is 33.6 Å². The van der Waals surface area contributed by atoms with Crippen molar-refractivity contribution < 1.29 is 9.90 Å². The monoisotopic (exact) mass is 267 g/mol. The number of pyridine rings is 1. The van der Waals surface area contributed by atoms with E-state index in [0.717, 1.165) is 12.8 Å². The molecule has 1 fully saturated rings. The first-order valence-electron chi connectivity index (χ1n) is 5.88. The molecule has 0 radical (unpaired) electrons. The lowest BCUT2D eigenvalue weighted by atomic mass is 10.2. The summed E-state index contributed by atoms with van der Waals surface area (Å²) in [6, 6.07) is 1.83. The minimum Gasteiger partial charge on any atom is -0.478 e. The Balaban J connectivity index is 2.04. The number of nitrogens with one attached hydrogen (secondary N) is 1. The molecule has 5 nitrogen and oxygen atoms in total. The third kappa shape index (κ3) is 2.87. The molecule has 0 aromatic carbocycles. The molecule has 1 aliphatic rings. The van der Waals surface area contributed by atoms with E-state index in [1.54, 1.807) is 0 Å². The fraction of sp³-hybridized carbons (Fsp3) is 0.500. The summed E-state index contributed by atoms with van der Waals surface area (Å²) in [5.74, 6) is -0.421. The molecule has 1 saturated carbocycles. The van der Waals surface area contributed by atoms with Gasteiger partial charge in [-0.3, -0.25) is 0 Å². The molecule has 0 aliphatic heterocycles. The topological polar surface area (TPSA) is 88.2 Å². The molecular weight excluding hydrogens is 250 g/mol. The summed E-state index contributed by atoms with van der Waals surface area (Å²) < 4.78 is 0. The number of aromatic carboxylic acids is 1. The SMILES string of the molecule is CSC1CCC(Nc2ncc(C(=O)O)cc2N)C1. The molecule has 0 saturated heterocycles. The van der Waals surface area contributed by atoms with Gasteiger partial charge in [0.1, 0.15) is 5.82 Å². The Labute approximate surface area is 110 Å². The van der Waals surface area contributed by atoms with Crippen LogP contribution in [0.4, 0.5) is 11.5 Å². The quantitative estimate of drug-likeness (QED) is 0.774. The highest BCUT2D eigenvalue weighted by molar-refractivity contribution is 7.99. The number of nitrogens with zero attached hydrogens (tertiary/aromatic N) is 1. The minimum absolute atomic E-state index is 0.117. The third-order valence-corrected chi connectivity index (χ3v) is 4.32. The largest absolute Gasteiger partial charge is 0.478 e. The Morgan fingerprint density at radius 2 is 2.39 bits per heavy atom. The van der Waals surface area contributed by atoms with Gasteiger partial charge in [-0.15, -0.1) is 0 Å².